The van der Waals surface area contributed by atoms with Crippen LogP contribution in [0.5, 0.6) is 0 Å². The highest BCUT2D eigenvalue weighted by Crippen LogP contribution is 2.02. The van der Waals surface area contributed by atoms with E-state index in [4.69, 9.17) is 0 Å². The first-order valence-corrected chi connectivity index (χ1v) is 6.87. The summed E-state index contributed by atoms with van der Waals surface area (Å²) in [4.78, 5) is 0. The fourth-order valence-electron chi connectivity index (χ4n) is 1.04. The molecular weight excluding hydrogens is 200 g/mol. The van der Waals surface area contributed by atoms with Crippen LogP contribution in [0.15, 0.2) is 12.2 Å². The second kappa shape index (κ2) is 8.00. The number of hydrogen-bond donors (Lipinski definition) is 0. The van der Waals surface area contributed by atoms with E-state index in [1.165, 1.54) is 0 Å². The average Bonchev–Trinajstić information content (AvgIpc) is 2.08. The summed E-state index contributed by atoms with van der Waals surface area (Å²) in [6, 6.07) is 0. The van der Waals surface area contributed by atoms with Gasteiger partial charge in [0.05, 0.1) is 12.9 Å². The first kappa shape index (κ1) is 13.7. The van der Waals surface area contributed by atoms with E-state index in [1.807, 2.05) is 0 Å². The fourth-order valence-corrected chi connectivity index (χ4v) is 1.46. The van der Waals surface area contributed by atoms with Gasteiger partial charge in [-0.1, -0.05) is 25.5 Å². The van der Waals surface area contributed by atoms with Crippen LogP contribution in [0.2, 0.25) is 0 Å². The van der Waals surface area contributed by atoms with Crippen LogP contribution in [0.4, 0.5) is 0 Å². The van der Waals surface area contributed by atoms with E-state index in [0.717, 1.165) is 38.4 Å². The van der Waals surface area contributed by atoms with Gasteiger partial charge in [0, 0.05) is 0 Å². The summed E-state index contributed by atoms with van der Waals surface area (Å²) < 4.78 is 25.8. The summed E-state index contributed by atoms with van der Waals surface area (Å²) in [6.07, 6.45) is 10.5. The lowest BCUT2D eigenvalue weighted by molar-refractivity contribution is 0.310. The van der Waals surface area contributed by atoms with Gasteiger partial charge in [0.25, 0.3) is 10.1 Å². The van der Waals surface area contributed by atoms with Crippen LogP contribution in [0.3, 0.4) is 0 Å². The summed E-state index contributed by atoms with van der Waals surface area (Å²) in [6.45, 7) is 2.42. The van der Waals surface area contributed by atoms with E-state index in [1.54, 1.807) is 0 Å². The summed E-state index contributed by atoms with van der Waals surface area (Å²) >= 11 is 0. The lowest BCUT2D eigenvalue weighted by atomic mass is 10.2. The molecule has 14 heavy (non-hydrogen) atoms. The molecule has 0 rings (SSSR count). The Morgan fingerprint density at radius 2 is 1.86 bits per heavy atom. The highest BCUT2D eigenvalue weighted by molar-refractivity contribution is 7.85. The highest BCUT2D eigenvalue weighted by atomic mass is 32.2. The van der Waals surface area contributed by atoms with E-state index < -0.39 is 10.1 Å². The molecule has 0 spiro atoms. The maximum atomic E-state index is 10.6. The molecule has 0 heterocycles. The second-order valence-electron chi connectivity index (χ2n) is 3.26. The van der Waals surface area contributed by atoms with E-state index >= 15 is 0 Å². The molecule has 0 saturated carbocycles. The SMILES string of the molecule is CC/C=C\CCCCCOS(C)(=O)=O. The maximum Gasteiger partial charge on any atom is 0.264 e. The predicted octanol–water partition coefficient (Wildman–Crippen LogP) is 2.49. The van der Waals surface area contributed by atoms with Crippen LogP contribution in [0.25, 0.3) is 0 Å². The molecule has 0 amide bonds. The summed E-state index contributed by atoms with van der Waals surface area (Å²) in [5.74, 6) is 0. The van der Waals surface area contributed by atoms with Gasteiger partial charge in [-0.05, 0) is 25.7 Å². The van der Waals surface area contributed by atoms with Crippen molar-refractivity contribution in [2.75, 3.05) is 12.9 Å². The van der Waals surface area contributed by atoms with Gasteiger partial charge in [0.2, 0.25) is 0 Å². The van der Waals surface area contributed by atoms with Gasteiger partial charge in [0.15, 0.2) is 0 Å². The topological polar surface area (TPSA) is 43.4 Å². The molecule has 0 atom stereocenters. The van der Waals surface area contributed by atoms with Gasteiger partial charge in [-0.25, -0.2) is 0 Å². The molecule has 0 aromatic rings. The number of unbranched alkanes of at least 4 members (excludes halogenated alkanes) is 3. The van der Waals surface area contributed by atoms with Gasteiger partial charge < -0.3 is 0 Å². The third-order valence-electron chi connectivity index (χ3n) is 1.71. The average molecular weight is 220 g/mol. The van der Waals surface area contributed by atoms with Crippen molar-refractivity contribution in [3.63, 3.8) is 0 Å². The number of allylic oxidation sites excluding steroid dienone is 2. The molecule has 0 aromatic carbocycles. The van der Waals surface area contributed by atoms with Crippen LogP contribution in [-0.2, 0) is 14.3 Å². The zero-order chi connectivity index (χ0) is 10.9. The Balaban J connectivity index is 3.19. The van der Waals surface area contributed by atoms with Gasteiger partial charge in [-0.2, -0.15) is 8.42 Å². The second-order valence-corrected chi connectivity index (χ2v) is 4.90. The quantitative estimate of drug-likeness (QED) is 0.358. The van der Waals surface area contributed by atoms with Crippen LogP contribution in [0, 0.1) is 0 Å². The molecule has 0 fully saturated rings. The van der Waals surface area contributed by atoms with Crippen LogP contribution < -0.4 is 0 Å². The molecule has 4 heteroatoms. The minimum absolute atomic E-state index is 0.316. The zero-order valence-corrected chi connectivity index (χ0v) is 9.85. The summed E-state index contributed by atoms with van der Waals surface area (Å²) in [5, 5.41) is 0. The molecule has 0 radical (unpaired) electrons. The van der Waals surface area contributed by atoms with Gasteiger partial charge in [-0.15, -0.1) is 0 Å². The van der Waals surface area contributed by atoms with Crippen molar-refractivity contribution in [3.8, 4) is 0 Å². The van der Waals surface area contributed by atoms with E-state index in [-0.39, 0.29) is 0 Å². The Morgan fingerprint density at radius 3 is 2.43 bits per heavy atom. The van der Waals surface area contributed by atoms with Crippen molar-refractivity contribution in [1.82, 2.24) is 0 Å². The Bertz CT molecular complexity index is 242. The van der Waals surface area contributed by atoms with Crippen LogP contribution in [-0.4, -0.2) is 21.3 Å². The van der Waals surface area contributed by atoms with E-state index in [0.29, 0.717) is 6.61 Å². The van der Waals surface area contributed by atoms with E-state index in [9.17, 15) is 8.42 Å². The van der Waals surface area contributed by atoms with Crippen molar-refractivity contribution in [1.29, 1.82) is 0 Å². The minimum Gasteiger partial charge on any atom is -0.270 e. The molecule has 0 aliphatic rings. The molecule has 0 aliphatic carbocycles. The minimum atomic E-state index is -3.24. The Hall–Kier alpha value is -0.350. The molecule has 3 nitrogen and oxygen atoms in total. The Labute approximate surface area is 87.3 Å². The van der Waals surface area contributed by atoms with Crippen molar-refractivity contribution < 1.29 is 12.6 Å². The first-order valence-electron chi connectivity index (χ1n) is 5.05. The molecule has 0 saturated heterocycles. The standard InChI is InChI=1S/C10H20O3S/c1-3-4-5-6-7-8-9-10-13-14(2,11)12/h4-5H,3,6-10H2,1-2H3/b5-4-. The zero-order valence-electron chi connectivity index (χ0n) is 9.03. The summed E-state index contributed by atoms with van der Waals surface area (Å²) in [7, 11) is -3.24. The smallest absolute Gasteiger partial charge is 0.264 e. The molecular formula is C10H20O3S. The Kier molecular flexibility index (Phi) is 7.80. The molecule has 0 unspecified atom stereocenters. The maximum absolute atomic E-state index is 10.6. The highest BCUT2D eigenvalue weighted by Gasteiger charge is 1.99. The predicted molar refractivity (Wildman–Crippen MR) is 58.7 cm³/mol. The lowest BCUT2D eigenvalue weighted by Gasteiger charge is -1.99. The normalized spacial score (nSPS) is 12.4. The molecule has 0 aromatic heterocycles. The lowest BCUT2D eigenvalue weighted by Crippen LogP contribution is -2.03. The fraction of sp³-hybridized carbons (Fsp3) is 0.800. The summed E-state index contributed by atoms with van der Waals surface area (Å²) in [5.41, 5.74) is 0. The van der Waals surface area contributed by atoms with Crippen molar-refractivity contribution in [3.05, 3.63) is 12.2 Å². The van der Waals surface area contributed by atoms with Crippen molar-refractivity contribution >= 4 is 10.1 Å². The molecule has 0 bridgehead atoms. The van der Waals surface area contributed by atoms with Gasteiger partial charge in [0.1, 0.15) is 0 Å². The first-order chi connectivity index (χ1) is 6.56. The van der Waals surface area contributed by atoms with Crippen LogP contribution >= 0.6 is 0 Å². The third-order valence-corrected chi connectivity index (χ3v) is 2.31. The third kappa shape index (κ3) is 11.6. The van der Waals surface area contributed by atoms with Crippen molar-refractivity contribution in [2.45, 2.75) is 39.0 Å². The van der Waals surface area contributed by atoms with E-state index in [2.05, 4.69) is 23.3 Å². The largest absolute Gasteiger partial charge is 0.270 e. The van der Waals surface area contributed by atoms with Crippen molar-refractivity contribution in [2.24, 2.45) is 0 Å². The Morgan fingerprint density at radius 1 is 1.14 bits per heavy atom. The van der Waals surface area contributed by atoms with Crippen LogP contribution in [0.1, 0.15) is 39.0 Å². The molecule has 0 N–H and O–H groups in total. The molecule has 84 valence electrons. The molecule has 0 aliphatic heterocycles. The monoisotopic (exact) mass is 220 g/mol. The number of rotatable bonds is 8. The number of hydrogen-bond acceptors (Lipinski definition) is 3. The van der Waals surface area contributed by atoms with Gasteiger partial charge in [-0.3, -0.25) is 4.18 Å². The van der Waals surface area contributed by atoms with Gasteiger partial charge >= 0.3 is 0 Å².